The number of anilines is 2. The van der Waals surface area contributed by atoms with E-state index in [4.69, 9.17) is 16.3 Å². The van der Waals surface area contributed by atoms with Gasteiger partial charge in [-0.25, -0.2) is 9.97 Å². The van der Waals surface area contributed by atoms with Crippen molar-refractivity contribution < 1.29 is 9.53 Å². The summed E-state index contributed by atoms with van der Waals surface area (Å²) in [5.41, 5.74) is 4.60. The van der Waals surface area contributed by atoms with E-state index in [1.165, 1.54) is 4.90 Å². The van der Waals surface area contributed by atoms with Gasteiger partial charge in [-0.15, -0.1) is 11.6 Å². The number of imidazole rings is 1. The van der Waals surface area contributed by atoms with Crippen LogP contribution in [0.25, 0.3) is 22.3 Å². The molecule has 162 valence electrons. The molecular formula is C24H17ClN6O2. The van der Waals surface area contributed by atoms with Crippen molar-refractivity contribution in [3.8, 4) is 23.0 Å². The zero-order valence-electron chi connectivity index (χ0n) is 17.2. The Morgan fingerprint density at radius 2 is 1.91 bits per heavy atom. The predicted molar refractivity (Wildman–Crippen MR) is 126 cm³/mol. The highest BCUT2D eigenvalue weighted by Crippen LogP contribution is 2.28. The van der Waals surface area contributed by atoms with Gasteiger partial charge in [0.05, 0.1) is 22.4 Å². The van der Waals surface area contributed by atoms with Crippen LogP contribution in [-0.2, 0) is 10.7 Å². The van der Waals surface area contributed by atoms with Gasteiger partial charge in [0.2, 0.25) is 12.4 Å². The van der Waals surface area contributed by atoms with Crippen LogP contribution < -0.4 is 9.64 Å². The molecule has 9 heteroatoms. The first kappa shape index (κ1) is 20.6. The molecule has 5 aromatic rings. The topological polar surface area (TPSA) is 96.9 Å². The Bertz CT molecular complexity index is 1410. The highest BCUT2D eigenvalue weighted by atomic mass is 35.5. The number of hydrogen-bond donors (Lipinski definition) is 1. The monoisotopic (exact) mass is 456 g/mol. The van der Waals surface area contributed by atoms with Gasteiger partial charge in [-0.2, -0.15) is 4.98 Å². The van der Waals surface area contributed by atoms with Crippen molar-refractivity contribution in [2.75, 3.05) is 4.90 Å². The molecule has 0 saturated heterocycles. The normalized spacial score (nSPS) is 10.8. The fraction of sp³-hybridized carbons (Fsp3) is 0.0417. The molecule has 33 heavy (non-hydrogen) atoms. The molecule has 8 nitrogen and oxygen atoms in total. The average molecular weight is 457 g/mol. The number of carbonyl (C=O) groups excluding carboxylic acids is 1. The van der Waals surface area contributed by atoms with Crippen LogP contribution in [0.3, 0.4) is 0 Å². The fourth-order valence-electron chi connectivity index (χ4n) is 3.30. The molecule has 0 unspecified atom stereocenters. The van der Waals surface area contributed by atoms with E-state index in [0.717, 1.165) is 16.6 Å². The second kappa shape index (κ2) is 9.05. The average Bonchev–Trinajstić information content (AvgIpc) is 3.28. The number of H-pyrrole nitrogens is 1. The van der Waals surface area contributed by atoms with E-state index in [1.54, 1.807) is 36.8 Å². The lowest BCUT2D eigenvalue weighted by atomic mass is 10.2. The third-order valence-electron chi connectivity index (χ3n) is 4.94. The number of nitrogens with zero attached hydrogens (tertiary/aromatic N) is 5. The first-order valence-corrected chi connectivity index (χ1v) is 10.6. The number of rotatable bonds is 7. The molecule has 0 atom stereocenters. The van der Waals surface area contributed by atoms with Crippen molar-refractivity contribution in [1.82, 2.24) is 24.9 Å². The van der Waals surface area contributed by atoms with Crippen LogP contribution in [0.1, 0.15) is 5.56 Å². The largest absolute Gasteiger partial charge is 0.424 e. The number of ether oxygens (including phenoxy) is 1. The second-order valence-corrected chi connectivity index (χ2v) is 7.35. The zero-order valence-corrected chi connectivity index (χ0v) is 18.0. The molecule has 0 saturated carbocycles. The minimum absolute atomic E-state index is 0.209. The van der Waals surface area contributed by atoms with Gasteiger partial charge in [0.1, 0.15) is 5.75 Å². The molecule has 0 radical (unpaired) electrons. The third kappa shape index (κ3) is 4.37. The van der Waals surface area contributed by atoms with E-state index in [9.17, 15) is 4.79 Å². The van der Waals surface area contributed by atoms with E-state index in [0.29, 0.717) is 40.9 Å². The van der Waals surface area contributed by atoms with Crippen molar-refractivity contribution in [2.24, 2.45) is 0 Å². The Morgan fingerprint density at radius 3 is 2.67 bits per heavy atom. The van der Waals surface area contributed by atoms with Crippen LogP contribution in [0, 0.1) is 0 Å². The lowest BCUT2D eigenvalue weighted by molar-refractivity contribution is -0.106. The molecule has 0 aliphatic carbocycles. The molecule has 0 fully saturated rings. The number of halogens is 1. The maximum Gasteiger partial charge on any atom is 0.322 e. The number of pyridine rings is 1. The molecule has 2 aromatic carbocycles. The number of carbonyl (C=O) groups is 1. The fourth-order valence-corrected chi connectivity index (χ4v) is 3.48. The number of aromatic nitrogens is 5. The number of aromatic amines is 1. The summed E-state index contributed by atoms with van der Waals surface area (Å²) in [7, 11) is 0. The van der Waals surface area contributed by atoms with Crippen LogP contribution in [0.2, 0.25) is 0 Å². The van der Waals surface area contributed by atoms with Gasteiger partial charge in [-0.05, 0) is 48.0 Å². The summed E-state index contributed by atoms with van der Waals surface area (Å²) in [6.07, 6.45) is 5.78. The van der Waals surface area contributed by atoms with Gasteiger partial charge in [0, 0.05) is 36.1 Å². The third-order valence-corrected chi connectivity index (χ3v) is 5.25. The number of amides is 1. The lowest BCUT2D eigenvalue weighted by Crippen LogP contribution is -2.15. The van der Waals surface area contributed by atoms with Gasteiger partial charge in [0.25, 0.3) is 0 Å². The van der Waals surface area contributed by atoms with Gasteiger partial charge in [0.15, 0.2) is 0 Å². The molecule has 0 bridgehead atoms. The minimum Gasteiger partial charge on any atom is -0.424 e. The van der Waals surface area contributed by atoms with E-state index in [1.807, 2.05) is 42.5 Å². The summed E-state index contributed by atoms with van der Waals surface area (Å²) < 4.78 is 5.86. The Morgan fingerprint density at radius 1 is 1.03 bits per heavy atom. The van der Waals surface area contributed by atoms with Crippen LogP contribution in [0.4, 0.5) is 11.6 Å². The Labute approximate surface area is 193 Å². The van der Waals surface area contributed by atoms with Crippen molar-refractivity contribution in [3.05, 3.63) is 84.8 Å². The van der Waals surface area contributed by atoms with E-state index < -0.39 is 0 Å². The van der Waals surface area contributed by atoms with Gasteiger partial charge in [-0.1, -0.05) is 12.1 Å². The number of hydrogen-bond acceptors (Lipinski definition) is 6. The molecule has 0 aliphatic heterocycles. The van der Waals surface area contributed by atoms with Crippen molar-refractivity contribution in [3.63, 3.8) is 0 Å². The molecule has 0 aliphatic rings. The van der Waals surface area contributed by atoms with Crippen molar-refractivity contribution in [2.45, 2.75) is 5.88 Å². The predicted octanol–water partition coefficient (Wildman–Crippen LogP) is 5.24. The first-order valence-electron chi connectivity index (χ1n) is 10.0. The molecule has 3 aromatic heterocycles. The highest BCUT2D eigenvalue weighted by molar-refractivity contribution is 6.17. The summed E-state index contributed by atoms with van der Waals surface area (Å²) in [6, 6.07) is 18.5. The summed E-state index contributed by atoms with van der Waals surface area (Å²) >= 11 is 5.85. The summed E-state index contributed by atoms with van der Waals surface area (Å²) in [6.45, 7) is 0. The number of nitrogens with one attached hydrogen (secondary N) is 1. The van der Waals surface area contributed by atoms with Gasteiger partial charge in [-0.3, -0.25) is 14.7 Å². The van der Waals surface area contributed by atoms with E-state index in [2.05, 4.69) is 24.9 Å². The smallest absolute Gasteiger partial charge is 0.322 e. The van der Waals surface area contributed by atoms with E-state index >= 15 is 0 Å². The molecule has 3 heterocycles. The SMILES string of the molecule is O=CN(c1ccc(CCl)cc1)c1nc2cc(Oc3nccc(-c4cccnc4)n3)ccc2[nH]1. The summed E-state index contributed by atoms with van der Waals surface area (Å²) in [5.74, 6) is 1.32. The Kier molecular flexibility index (Phi) is 5.65. The summed E-state index contributed by atoms with van der Waals surface area (Å²) in [4.78, 5) is 33.7. The molecular weight excluding hydrogens is 440 g/mol. The summed E-state index contributed by atoms with van der Waals surface area (Å²) in [5, 5.41) is 0. The minimum atomic E-state index is 0.209. The standard InChI is InChI=1S/C24H17ClN6O2/c25-13-16-3-5-18(6-4-16)31(15-32)23-28-21-8-7-19(12-22(21)29-23)33-24-27-11-9-20(30-24)17-2-1-10-26-14-17/h1-12,14-15H,13H2,(H,28,29). The molecule has 5 rings (SSSR count). The Hall–Kier alpha value is -4.30. The van der Waals surface area contributed by atoms with Crippen LogP contribution in [0.5, 0.6) is 11.8 Å². The van der Waals surface area contributed by atoms with Crippen molar-refractivity contribution >= 4 is 40.7 Å². The molecule has 0 spiro atoms. The second-order valence-electron chi connectivity index (χ2n) is 7.08. The van der Waals surface area contributed by atoms with Crippen LogP contribution in [0.15, 0.2) is 79.3 Å². The maximum atomic E-state index is 11.8. The number of fused-ring (bicyclic) bond motifs is 1. The van der Waals surface area contributed by atoms with Gasteiger partial charge < -0.3 is 9.72 Å². The van der Waals surface area contributed by atoms with Crippen LogP contribution >= 0.6 is 11.6 Å². The zero-order chi connectivity index (χ0) is 22.6. The first-order chi connectivity index (χ1) is 16.2. The van der Waals surface area contributed by atoms with Crippen molar-refractivity contribution in [1.29, 1.82) is 0 Å². The number of benzene rings is 2. The quantitative estimate of drug-likeness (QED) is 0.265. The van der Waals surface area contributed by atoms with Gasteiger partial charge >= 0.3 is 6.01 Å². The van der Waals surface area contributed by atoms with E-state index in [-0.39, 0.29) is 6.01 Å². The number of alkyl halides is 1. The molecule has 1 N–H and O–H groups in total. The highest BCUT2D eigenvalue weighted by Gasteiger charge is 2.14. The van der Waals surface area contributed by atoms with Crippen LogP contribution in [-0.4, -0.2) is 31.3 Å². The maximum absolute atomic E-state index is 11.8. The molecule has 1 amide bonds. The lowest BCUT2D eigenvalue weighted by Gasteiger charge is -2.14. The Balaban J connectivity index is 1.41.